The fourth-order valence-corrected chi connectivity index (χ4v) is 1.57. The molecule has 1 aromatic rings. The Kier molecular flexibility index (Phi) is 5.03. The molecular formula is C11H14ClN3O3. The summed E-state index contributed by atoms with van der Waals surface area (Å²) in [5.41, 5.74) is -0.184. The van der Waals surface area contributed by atoms with Crippen molar-refractivity contribution in [1.82, 2.24) is 9.88 Å². The van der Waals surface area contributed by atoms with E-state index in [1.807, 2.05) is 6.92 Å². The van der Waals surface area contributed by atoms with Crippen molar-refractivity contribution in [2.45, 2.75) is 19.8 Å². The molecule has 0 fully saturated rings. The van der Waals surface area contributed by atoms with E-state index in [1.54, 1.807) is 7.05 Å². The highest BCUT2D eigenvalue weighted by molar-refractivity contribution is 6.32. The van der Waals surface area contributed by atoms with Crippen LogP contribution in [0.15, 0.2) is 12.3 Å². The first-order chi connectivity index (χ1) is 8.47. The third-order valence-corrected chi connectivity index (χ3v) is 2.76. The van der Waals surface area contributed by atoms with Crippen LogP contribution in [-0.2, 0) is 0 Å². The minimum atomic E-state index is -0.605. The number of unbranched alkanes of at least 4 members (excludes halogenated alkanes) is 1. The molecule has 0 aliphatic carbocycles. The second-order valence-electron chi connectivity index (χ2n) is 3.87. The van der Waals surface area contributed by atoms with Crippen LogP contribution >= 0.6 is 11.6 Å². The number of aromatic nitrogens is 1. The molecule has 18 heavy (non-hydrogen) atoms. The molecule has 98 valence electrons. The van der Waals surface area contributed by atoms with E-state index in [0.717, 1.165) is 25.1 Å². The predicted octanol–water partition coefficient (Wildman–Crippen LogP) is 2.52. The number of nitro groups is 1. The Morgan fingerprint density at radius 1 is 1.61 bits per heavy atom. The fraction of sp³-hybridized carbons (Fsp3) is 0.455. The van der Waals surface area contributed by atoms with E-state index in [0.29, 0.717) is 6.54 Å². The minimum Gasteiger partial charge on any atom is -0.342 e. The van der Waals surface area contributed by atoms with Crippen LogP contribution in [0.3, 0.4) is 0 Å². The van der Waals surface area contributed by atoms with Crippen LogP contribution in [0.5, 0.6) is 0 Å². The number of rotatable bonds is 5. The Morgan fingerprint density at radius 3 is 2.83 bits per heavy atom. The van der Waals surface area contributed by atoms with Gasteiger partial charge >= 0.3 is 0 Å². The van der Waals surface area contributed by atoms with Crippen molar-refractivity contribution in [3.05, 3.63) is 33.1 Å². The number of hydrogen-bond acceptors (Lipinski definition) is 4. The lowest BCUT2D eigenvalue weighted by molar-refractivity contribution is -0.385. The van der Waals surface area contributed by atoms with Gasteiger partial charge in [-0.15, -0.1) is 0 Å². The van der Waals surface area contributed by atoms with E-state index >= 15 is 0 Å². The zero-order valence-electron chi connectivity index (χ0n) is 10.2. The second kappa shape index (κ2) is 6.30. The third kappa shape index (κ3) is 3.40. The van der Waals surface area contributed by atoms with Crippen LogP contribution in [0.25, 0.3) is 0 Å². The highest BCUT2D eigenvalue weighted by atomic mass is 35.5. The summed E-state index contributed by atoms with van der Waals surface area (Å²) in [6.07, 6.45) is 2.85. The van der Waals surface area contributed by atoms with Crippen molar-refractivity contribution in [3.8, 4) is 0 Å². The van der Waals surface area contributed by atoms with E-state index < -0.39 is 4.92 Å². The summed E-state index contributed by atoms with van der Waals surface area (Å²) >= 11 is 5.79. The van der Waals surface area contributed by atoms with Crippen LogP contribution < -0.4 is 0 Å². The lowest BCUT2D eigenvalue weighted by Gasteiger charge is -2.16. The molecule has 0 aromatic carbocycles. The van der Waals surface area contributed by atoms with Gasteiger partial charge in [-0.3, -0.25) is 14.9 Å². The second-order valence-corrected chi connectivity index (χ2v) is 4.23. The standard InChI is InChI=1S/C11H14ClN3O3/c1-3-4-5-14(2)11(16)9-6-8(15(17)18)7-13-10(9)12/h6-7H,3-5H2,1-2H3. The number of amides is 1. The summed E-state index contributed by atoms with van der Waals surface area (Å²) in [6, 6.07) is 1.15. The summed E-state index contributed by atoms with van der Waals surface area (Å²) in [7, 11) is 1.63. The minimum absolute atomic E-state index is 0.0195. The van der Waals surface area contributed by atoms with Gasteiger partial charge in [0.05, 0.1) is 10.5 Å². The summed E-state index contributed by atoms with van der Waals surface area (Å²) in [5, 5.41) is 10.6. The van der Waals surface area contributed by atoms with Crippen LogP contribution in [-0.4, -0.2) is 34.3 Å². The first kappa shape index (κ1) is 14.4. The molecule has 6 nitrogen and oxygen atoms in total. The average molecular weight is 272 g/mol. The molecule has 7 heteroatoms. The zero-order chi connectivity index (χ0) is 13.7. The molecule has 0 radical (unpaired) electrons. The summed E-state index contributed by atoms with van der Waals surface area (Å²) < 4.78 is 0. The van der Waals surface area contributed by atoms with Gasteiger partial charge in [0.15, 0.2) is 0 Å². The third-order valence-electron chi connectivity index (χ3n) is 2.46. The zero-order valence-corrected chi connectivity index (χ0v) is 11.0. The van der Waals surface area contributed by atoms with Crippen molar-refractivity contribution in [2.24, 2.45) is 0 Å². The maximum atomic E-state index is 12.0. The van der Waals surface area contributed by atoms with Gasteiger partial charge in [0.25, 0.3) is 11.6 Å². The quantitative estimate of drug-likeness (QED) is 0.468. The molecule has 1 amide bonds. The molecule has 1 aromatic heterocycles. The van der Waals surface area contributed by atoms with E-state index in [1.165, 1.54) is 4.90 Å². The van der Waals surface area contributed by atoms with E-state index in [-0.39, 0.29) is 22.3 Å². The largest absolute Gasteiger partial charge is 0.342 e. The van der Waals surface area contributed by atoms with Gasteiger partial charge < -0.3 is 4.90 Å². The van der Waals surface area contributed by atoms with E-state index in [9.17, 15) is 14.9 Å². The van der Waals surface area contributed by atoms with Gasteiger partial charge in [-0.2, -0.15) is 0 Å². The molecule has 0 spiro atoms. The van der Waals surface area contributed by atoms with Gasteiger partial charge in [0.1, 0.15) is 11.3 Å². The first-order valence-electron chi connectivity index (χ1n) is 5.52. The first-order valence-corrected chi connectivity index (χ1v) is 5.90. The lowest BCUT2D eigenvalue weighted by atomic mass is 10.2. The lowest BCUT2D eigenvalue weighted by Crippen LogP contribution is -2.28. The van der Waals surface area contributed by atoms with E-state index in [4.69, 9.17) is 11.6 Å². The number of nitrogens with zero attached hydrogens (tertiary/aromatic N) is 3. The highest BCUT2D eigenvalue weighted by Gasteiger charge is 2.19. The maximum Gasteiger partial charge on any atom is 0.288 e. The smallest absolute Gasteiger partial charge is 0.288 e. The van der Waals surface area contributed by atoms with Crippen LogP contribution in [0, 0.1) is 10.1 Å². The Hall–Kier alpha value is -1.69. The van der Waals surface area contributed by atoms with Crippen LogP contribution in [0.1, 0.15) is 30.1 Å². The molecule has 1 heterocycles. The summed E-state index contributed by atoms with van der Waals surface area (Å²) in [6.45, 7) is 2.59. The number of pyridine rings is 1. The topological polar surface area (TPSA) is 76.3 Å². The van der Waals surface area contributed by atoms with Gasteiger partial charge in [-0.1, -0.05) is 24.9 Å². The number of halogens is 1. The number of carbonyl (C=O) groups excluding carboxylic acids is 1. The monoisotopic (exact) mass is 271 g/mol. The Labute approximate surface area is 110 Å². The van der Waals surface area contributed by atoms with Gasteiger partial charge in [-0.25, -0.2) is 4.98 Å². The normalized spacial score (nSPS) is 10.2. The van der Waals surface area contributed by atoms with Gasteiger partial charge in [-0.05, 0) is 6.42 Å². The fourth-order valence-electron chi connectivity index (χ4n) is 1.39. The van der Waals surface area contributed by atoms with Gasteiger partial charge in [0.2, 0.25) is 0 Å². The van der Waals surface area contributed by atoms with Crippen molar-refractivity contribution < 1.29 is 9.72 Å². The maximum absolute atomic E-state index is 12.0. The SMILES string of the molecule is CCCCN(C)C(=O)c1cc([N+](=O)[O-])cnc1Cl. The molecule has 0 N–H and O–H groups in total. The van der Waals surface area contributed by atoms with E-state index in [2.05, 4.69) is 4.98 Å². The van der Waals surface area contributed by atoms with Crippen molar-refractivity contribution in [3.63, 3.8) is 0 Å². The summed E-state index contributed by atoms with van der Waals surface area (Å²) in [4.78, 5) is 27.2. The van der Waals surface area contributed by atoms with Crippen LogP contribution in [0.4, 0.5) is 5.69 Å². The molecule has 0 aliphatic rings. The number of hydrogen-bond donors (Lipinski definition) is 0. The molecule has 0 atom stereocenters. The molecule has 0 aliphatic heterocycles. The van der Waals surface area contributed by atoms with Crippen molar-refractivity contribution >= 4 is 23.2 Å². The highest BCUT2D eigenvalue weighted by Crippen LogP contribution is 2.20. The predicted molar refractivity (Wildman–Crippen MR) is 67.8 cm³/mol. The molecule has 0 saturated heterocycles. The molecule has 1 rings (SSSR count). The van der Waals surface area contributed by atoms with Crippen LogP contribution in [0.2, 0.25) is 5.15 Å². The number of carbonyl (C=O) groups is 1. The van der Waals surface area contributed by atoms with Crippen molar-refractivity contribution in [2.75, 3.05) is 13.6 Å². The van der Waals surface area contributed by atoms with Gasteiger partial charge in [0, 0.05) is 19.7 Å². The summed E-state index contributed by atoms with van der Waals surface area (Å²) in [5.74, 6) is -0.357. The Morgan fingerprint density at radius 2 is 2.28 bits per heavy atom. The molecule has 0 unspecified atom stereocenters. The molecular weight excluding hydrogens is 258 g/mol. The molecule has 0 bridgehead atoms. The molecule has 0 saturated carbocycles. The Balaban J connectivity index is 2.97. The van der Waals surface area contributed by atoms with Crippen molar-refractivity contribution in [1.29, 1.82) is 0 Å². The Bertz CT molecular complexity index is 465. The average Bonchev–Trinajstić information content (AvgIpc) is 2.35.